The Morgan fingerprint density at radius 2 is 2.11 bits per heavy atom. The molecule has 2 N–H and O–H groups in total. The minimum Gasteiger partial charge on any atom is -0.330 e. The number of halogens is 3. The molecule has 2 nitrogen and oxygen atoms in total. The van der Waals surface area contributed by atoms with Crippen molar-refractivity contribution in [1.29, 1.82) is 0 Å². The van der Waals surface area contributed by atoms with Gasteiger partial charge in [-0.25, -0.2) is 4.39 Å². The van der Waals surface area contributed by atoms with Crippen molar-refractivity contribution in [3.05, 3.63) is 33.6 Å². The Hall–Kier alpha value is -0.350. The molecule has 1 aliphatic rings. The van der Waals surface area contributed by atoms with E-state index in [4.69, 9.17) is 28.9 Å². The first-order chi connectivity index (χ1) is 8.45. The van der Waals surface area contributed by atoms with E-state index in [2.05, 4.69) is 11.8 Å². The largest absolute Gasteiger partial charge is 0.330 e. The van der Waals surface area contributed by atoms with E-state index in [1.54, 1.807) is 6.07 Å². The highest BCUT2D eigenvalue weighted by Crippen LogP contribution is 2.33. The topological polar surface area (TPSA) is 29.3 Å². The zero-order valence-corrected chi connectivity index (χ0v) is 11.9. The summed E-state index contributed by atoms with van der Waals surface area (Å²) in [5.41, 5.74) is 6.82. The molecule has 0 aliphatic carbocycles. The van der Waals surface area contributed by atoms with Gasteiger partial charge in [0.25, 0.3) is 0 Å². The van der Waals surface area contributed by atoms with Gasteiger partial charge in [-0.2, -0.15) is 0 Å². The molecule has 1 aromatic rings. The third-order valence-corrected chi connectivity index (χ3v) is 4.54. The van der Waals surface area contributed by atoms with E-state index in [-0.39, 0.29) is 10.4 Å². The van der Waals surface area contributed by atoms with E-state index in [0.717, 1.165) is 25.1 Å². The third kappa shape index (κ3) is 2.80. The first-order valence-corrected chi connectivity index (χ1v) is 6.75. The summed E-state index contributed by atoms with van der Waals surface area (Å²) in [6.07, 6.45) is 1.08. The molecular weight excluding hydrogens is 274 g/mol. The van der Waals surface area contributed by atoms with Crippen LogP contribution in [0.25, 0.3) is 0 Å². The summed E-state index contributed by atoms with van der Waals surface area (Å²) in [5, 5.41) is 0.327. The SMILES string of the molecule is CC1(CN)CCN(Cc2ccc(F)c(Cl)c2Cl)C1. The van der Waals surface area contributed by atoms with Crippen molar-refractivity contribution in [2.45, 2.75) is 19.9 Å². The first-order valence-electron chi connectivity index (χ1n) is 6.00. The van der Waals surface area contributed by atoms with Crippen molar-refractivity contribution < 1.29 is 4.39 Å². The van der Waals surface area contributed by atoms with Crippen LogP contribution in [0.3, 0.4) is 0 Å². The monoisotopic (exact) mass is 290 g/mol. The van der Waals surface area contributed by atoms with Gasteiger partial charge >= 0.3 is 0 Å². The van der Waals surface area contributed by atoms with E-state index in [0.29, 0.717) is 18.1 Å². The van der Waals surface area contributed by atoms with Gasteiger partial charge in [-0.1, -0.05) is 36.2 Å². The van der Waals surface area contributed by atoms with Gasteiger partial charge in [0.1, 0.15) is 5.82 Å². The molecule has 1 atom stereocenters. The van der Waals surface area contributed by atoms with Crippen LogP contribution in [0.5, 0.6) is 0 Å². The molecule has 0 amide bonds. The summed E-state index contributed by atoms with van der Waals surface area (Å²) in [6.45, 7) is 5.48. The summed E-state index contributed by atoms with van der Waals surface area (Å²) in [7, 11) is 0. The van der Waals surface area contributed by atoms with Crippen molar-refractivity contribution in [3.63, 3.8) is 0 Å². The maximum absolute atomic E-state index is 13.2. The van der Waals surface area contributed by atoms with E-state index >= 15 is 0 Å². The molecule has 2 rings (SSSR count). The Kier molecular flexibility index (Phi) is 4.17. The molecular formula is C13H17Cl2FN2. The fourth-order valence-electron chi connectivity index (χ4n) is 2.36. The van der Waals surface area contributed by atoms with Crippen LogP contribution in [0.1, 0.15) is 18.9 Å². The van der Waals surface area contributed by atoms with Gasteiger partial charge in [-0.15, -0.1) is 0 Å². The number of nitrogens with zero attached hydrogens (tertiary/aromatic N) is 1. The predicted octanol–water partition coefficient (Wildman–Crippen LogP) is 3.30. The molecule has 1 aromatic carbocycles. The van der Waals surface area contributed by atoms with Gasteiger partial charge in [0, 0.05) is 13.1 Å². The lowest BCUT2D eigenvalue weighted by Gasteiger charge is -2.23. The fraction of sp³-hybridized carbons (Fsp3) is 0.538. The minimum absolute atomic E-state index is 0.00921. The molecule has 1 heterocycles. The van der Waals surface area contributed by atoms with Crippen LogP contribution in [0.2, 0.25) is 10.0 Å². The number of hydrogen-bond donors (Lipinski definition) is 1. The third-order valence-electron chi connectivity index (χ3n) is 3.64. The highest BCUT2D eigenvalue weighted by Gasteiger charge is 2.32. The van der Waals surface area contributed by atoms with Gasteiger partial charge in [0.05, 0.1) is 10.0 Å². The van der Waals surface area contributed by atoms with Crippen molar-refractivity contribution in [2.75, 3.05) is 19.6 Å². The summed E-state index contributed by atoms with van der Waals surface area (Å²) in [5.74, 6) is -0.473. The molecule has 1 aliphatic heterocycles. The predicted molar refractivity (Wildman–Crippen MR) is 73.5 cm³/mol. The maximum Gasteiger partial charge on any atom is 0.143 e. The Balaban J connectivity index is 2.10. The summed E-state index contributed by atoms with van der Waals surface area (Å²) >= 11 is 11.9. The lowest BCUT2D eigenvalue weighted by molar-refractivity contribution is 0.274. The van der Waals surface area contributed by atoms with E-state index in [9.17, 15) is 4.39 Å². The average Bonchev–Trinajstić information content (AvgIpc) is 2.73. The van der Waals surface area contributed by atoms with Crippen molar-refractivity contribution in [1.82, 2.24) is 4.90 Å². The zero-order valence-electron chi connectivity index (χ0n) is 10.3. The van der Waals surface area contributed by atoms with Gasteiger partial charge in [-0.3, -0.25) is 4.90 Å². The van der Waals surface area contributed by atoms with Crippen LogP contribution >= 0.6 is 23.2 Å². The second-order valence-corrected chi connectivity index (χ2v) is 6.07. The Labute approximate surface area is 117 Å². The van der Waals surface area contributed by atoms with Gasteiger partial charge < -0.3 is 5.73 Å². The molecule has 1 unspecified atom stereocenters. The zero-order chi connectivity index (χ0) is 13.3. The van der Waals surface area contributed by atoms with E-state index in [1.165, 1.54) is 6.07 Å². The van der Waals surface area contributed by atoms with Crippen LogP contribution in [0.15, 0.2) is 12.1 Å². The van der Waals surface area contributed by atoms with Gasteiger partial charge in [0.15, 0.2) is 0 Å². The van der Waals surface area contributed by atoms with E-state index < -0.39 is 5.82 Å². The molecule has 5 heteroatoms. The highest BCUT2D eigenvalue weighted by atomic mass is 35.5. The standard InChI is InChI=1S/C13H17Cl2FN2/c1-13(7-17)4-5-18(8-13)6-9-2-3-10(16)12(15)11(9)14/h2-3H,4-8,17H2,1H3. The molecule has 0 aromatic heterocycles. The summed E-state index contributed by atoms with van der Waals surface area (Å²) in [6, 6.07) is 3.06. The molecule has 0 spiro atoms. The smallest absolute Gasteiger partial charge is 0.143 e. The van der Waals surface area contributed by atoms with Crippen LogP contribution in [-0.4, -0.2) is 24.5 Å². The van der Waals surface area contributed by atoms with Gasteiger partial charge in [0.2, 0.25) is 0 Å². The number of rotatable bonds is 3. The maximum atomic E-state index is 13.2. The van der Waals surface area contributed by atoms with Crippen molar-refractivity contribution >= 4 is 23.2 Å². The van der Waals surface area contributed by atoms with Gasteiger partial charge in [-0.05, 0) is 36.6 Å². The Morgan fingerprint density at radius 1 is 1.39 bits per heavy atom. The highest BCUT2D eigenvalue weighted by molar-refractivity contribution is 6.42. The lowest BCUT2D eigenvalue weighted by atomic mass is 9.90. The molecule has 0 radical (unpaired) electrons. The number of hydrogen-bond acceptors (Lipinski definition) is 2. The Bertz CT molecular complexity index is 453. The minimum atomic E-state index is -0.473. The van der Waals surface area contributed by atoms with Crippen LogP contribution in [0, 0.1) is 11.2 Å². The fourth-order valence-corrected chi connectivity index (χ4v) is 2.75. The Morgan fingerprint density at radius 3 is 2.72 bits per heavy atom. The number of likely N-dealkylation sites (tertiary alicyclic amines) is 1. The summed E-state index contributed by atoms with van der Waals surface area (Å²) in [4.78, 5) is 2.28. The second-order valence-electron chi connectivity index (χ2n) is 5.31. The number of nitrogens with two attached hydrogens (primary N) is 1. The van der Waals surface area contributed by atoms with Crippen LogP contribution in [0.4, 0.5) is 4.39 Å². The number of benzene rings is 1. The average molecular weight is 291 g/mol. The lowest BCUT2D eigenvalue weighted by Crippen LogP contribution is -2.31. The van der Waals surface area contributed by atoms with Crippen molar-refractivity contribution in [2.24, 2.45) is 11.1 Å². The second kappa shape index (κ2) is 5.33. The quantitative estimate of drug-likeness (QED) is 0.866. The molecule has 18 heavy (non-hydrogen) atoms. The molecule has 0 bridgehead atoms. The normalized spacial score (nSPS) is 24.7. The van der Waals surface area contributed by atoms with Crippen LogP contribution in [-0.2, 0) is 6.54 Å². The molecule has 1 saturated heterocycles. The van der Waals surface area contributed by atoms with Crippen molar-refractivity contribution in [3.8, 4) is 0 Å². The molecule has 100 valence electrons. The van der Waals surface area contributed by atoms with Crippen LogP contribution < -0.4 is 5.73 Å². The molecule has 1 fully saturated rings. The first kappa shape index (κ1) is 14.1. The summed E-state index contributed by atoms with van der Waals surface area (Å²) < 4.78 is 13.2. The van der Waals surface area contributed by atoms with E-state index in [1.807, 2.05) is 0 Å². The molecule has 0 saturated carbocycles.